The first-order valence-electron chi connectivity index (χ1n) is 9.22. The Morgan fingerprint density at radius 2 is 1.96 bits per heavy atom. The zero-order valence-corrected chi connectivity index (χ0v) is 15.6. The van der Waals surface area contributed by atoms with Gasteiger partial charge in [0.1, 0.15) is 13.2 Å². The standard InChI is InChI=1S/C20H24N2O3S/c23-17(15-5-6-18-19(12-15)25-10-9-24-18)14-21-13-16(20-4-3-11-26-20)22-7-1-2-8-22/h3-6,11-12,16,21H,1-2,7-10,13-14H2. The van der Waals surface area contributed by atoms with E-state index < -0.39 is 0 Å². The maximum atomic E-state index is 12.5. The van der Waals surface area contributed by atoms with Gasteiger partial charge in [0.05, 0.1) is 12.6 Å². The number of carbonyl (C=O) groups is 1. The highest BCUT2D eigenvalue weighted by molar-refractivity contribution is 7.10. The van der Waals surface area contributed by atoms with Crippen LogP contribution in [0.15, 0.2) is 35.7 Å². The number of fused-ring (bicyclic) bond motifs is 1. The van der Waals surface area contributed by atoms with Gasteiger partial charge in [0.2, 0.25) is 0 Å². The molecule has 6 heteroatoms. The molecule has 3 heterocycles. The van der Waals surface area contributed by atoms with Crippen molar-refractivity contribution in [2.24, 2.45) is 0 Å². The Bertz CT molecular complexity index is 742. The number of ketones is 1. The Morgan fingerprint density at radius 3 is 2.73 bits per heavy atom. The number of carbonyl (C=O) groups excluding carboxylic acids is 1. The maximum absolute atomic E-state index is 12.5. The van der Waals surface area contributed by atoms with Crippen molar-refractivity contribution in [1.29, 1.82) is 0 Å². The molecule has 2 aromatic rings. The number of likely N-dealkylation sites (tertiary alicyclic amines) is 1. The first kappa shape index (κ1) is 17.5. The molecule has 4 rings (SSSR count). The van der Waals surface area contributed by atoms with E-state index in [4.69, 9.17) is 9.47 Å². The molecular formula is C20H24N2O3S. The number of nitrogens with zero attached hydrogens (tertiary/aromatic N) is 1. The number of hydrogen-bond acceptors (Lipinski definition) is 6. The van der Waals surface area contributed by atoms with Crippen LogP contribution in [-0.4, -0.2) is 50.1 Å². The molecule has 1 fully saturated rings. The first-order valence-corrected chi connectivity index (χ1v) is 10.1. The quantitative estimate of drug-likeness (QED) is 0.757. The highest BCUT2D eigenvalue weighted by Crippen LogP contribution is 2.31. The Morgan fingerprint density at radius 1 is 1.15 bits per heavy atom. The van der Waals surface area contributed by atoms with Gasteiger partial charge in [-0.1, -0.05) is 6.07 Å². The molecule has 0 aliphatic carbocycles. The second-order valence-electron chi connectivity index (χ2n) is 6.69. The van der Waals surface area contributed by atoms with Crippen LogP contribution in [-0.2, 0) is 0 Å². The lowest BCUT2D eigenvalue weighted by Gasteiger charge is -2.27. The Hall–Kier alpha value is -1.89. The predicted octanol–water partition coefficient (Wildman–Crippen LogP) is 3.13. The fourth-order valence-corrected chi connectivity index (χ4v) is 4.45. The summed E-state index contributed by atoms with van der Waals surface area (Å²) in [7, 11) is 0. The zero-order chi connectivity index (χ0) is 17.8. The minimum atomic E-state index is 0.0772. The summed E-state index contributed by atoms with van der Waals surface area (Å²) in [5.74, 6) is 1.46. The third-order valence-corrected chi connectivity index (χ3v) is 5.91. The molecule has 0 saturated carbocycles. The monoisotopic (exact) mass is 372 g/mol. The first-order chi connectivity index (χ1) is 12.8. The van der Waals surface area contributed by atoms with Gasteiger partial charge in [0.15, 0.2) is 17.3 Å². The van der Waals surface area contributed by atoms with Crippen LogP contribution >= 0.6 is 11.3 Å². The third kappa shape index (κ3) is 3.92. The van der Waals surface area contributed by atoms with E-state index in [1.54, 1.807) is 17.4 Å². The van der Waals surface area contributed by atoms with Crippen molar-refractivity contribution in [2.45, 2.75) is 18.9 Å². The van der Waals surface area contributed by atoms with Gasteiger partial charge >= 0.3 is 0 Å². The SMILES string of the molecule is O=C(CNCC(c1cccs1)N1CCCC1)c1ccc2c(c1)OCCO2. The smallest absolute Gasteiger partial charge is 0.176 e. The molecule has 1 atom stereocenters. The van der Waals surface area contributed by atoms with Gasteiger partial charge in [0, 0.05) is 17.0 Å². The summed E-state index contributed by atoms with van der Waals surface area (Å²) < 4.78 is 11.1. The highest BCUT2D eigenvalue weighted by atomic mass is 32.1. The molecule has 138 valence electrons. The van der Waals surface area contributed by atoms with E-state index in [9.17, 15) is 4.79 Å². The summed E-state index contributed by atoms with van der Waals surface area (Å²) in [6, 6.07) is 10.1. The van der Waals surface area contributed by atoms with Crippen LogP contribution in [0.3, 0.4) is 0 Å². The van der Waals surface area contributed by atoms with Gasteiger partial charge in [-0.3, -0.25) is 9.69 Å². The van der Waals surface area contributed by atoms with Crippen molar-refractivity contribution < 1.29 is 14.3 Å². The molecule has 26 heavy (non-hydrogen) atoms. The molecule has 0 spiro atoms. The second-order valence-corrected chi connectivity index (χ2v) is 7.67. The van der Waals surface area contributed by atoms with Crippen molar-refractivity contribution in [3.05, 3.63) is 46.2 Å². The van der Waals surface area contributed by atoms with Crippen molar-refractivity contribution in [1.82, 2.24) is 10.2 Å². The van der Waals surface area contributed by atoms with Gasteiger partial charge in [-0.2, -0.15) is 0 Å². The average molecular weight is 372 g/mol. The topological polar surface area (TPSA) is 50.8 Å². The molecule has 1 N–H and O–H groups in total. The number of hydrogen-bond donors (Lipinski definition) is 1. The van der Waals surface area contributed by atoms with Crippen LogP contribution in [0.1, 0.15) is 34.1 Å². The third-order valence-electron chi connectivity index (χ3n) is 4.94. The summed E-state index contributed by atoms with van der Waals surface area (Å²) in [5.41, 5.74) is 0.663. The number of thiophene rings is 1. The Kier molecular flexibility index (Phi) is 5.53. The minimum absolute atomic E-state index is 0.0772. The van der Waals surface area contributed by atoms with Gasteiger partial charge in [-0.05, 0) is 55.6 Å². The van der Waals surface area contributed by atoms with Crippen molar-refractivity contribution in [2.75, 3.05) is 39.4 Å². The molecule has 1 unspecified atom stereocenters. The number of benzene rings is 1. The number of Topliss-reactive ketones (excluding diaryl/α,β-unsaturated/α-hetero) is 1. The second kappa shape index (κ2) is 8.20. The summed E-state index contributed by atoms with van der Waals surface area (Å²) >= 11 is 1.79. The molecule has 0 amide bonds. The molecule has 0 bridgehead atoms. The van der Waals surface area contributed by atoms with E-state index >= 15 is 0 Å². The lowest BCUT2D eigenvalue weighted by Crippen LogP contribution is -2.35. The molecule has 1 aromatic heterocycles. The predicted molar refractivity (Wildman–Crippen MR) is 102 cm³/mol. The van der Waals surface area contributed by atoms with Crippen LogP contribution in [0.5, 0.6) is 11.5 Å². The molecule has 5 nitrogen and oxygen atoms in total. The molecule has 1 aromatic carbocycles. The van der Waals surface area contributed by atoms with Crippen molar-refractivity contribution >= 4 is 17.1 Å². The average Bonchev–Trinajstić information content (AvgIpc) is 3.39. The van der Waals surface area contributed by atoms with E-state index in [2.05, 4.69) is 27.7 Å². The van der Waals surface area contributed by atoms with E-state index in [0.717, 1.165) is 19.6 Å². The molecule has 0 radical (unpaired) electrons. The molecular weight excluding hydrogens is 348 g/mol. The van der Waals surface area contributed by atoms with Gasteiger partial charge in [-0.15, -0.1) is 11.3 Å². The Labute approximate surface area is 157 Å². The highest BCUT2D eigenvalue weighted by Gasteiger charge is 2.24. The fraction of sp³-hybridized carbons (Fsp3) is 0.450. The zero-order valence-electron chi connectivity index (χ0n) is 14.8. The van der Waals surface area contributed by atoms with E-state index in [0.29, 0.717) is 42.9 Å². The van der Waals surface area contributed by atoms with E-state index in [1.807, 2.05) is 12.1 Å². The van der Waals surface area contributed by atoms with Gasteiger partial charge in [0.25, 0.3) is 0 Å². The van der Waals surface area contributed by atoms with Crippen LogP contribution in [0.25, 0.3) is 0 Å². The lowest BCUT2D eigenvalue weighted by molar-refractivity contribution is 0.0986. The summed E-state index contributed by atoms with van der Waals surface area (Å²) in [6.07, 6.45) is 2.52. The van der Waals surface area contributed by atoms with Crippen LogP contribution < -0.4 is 14.8 Å². The Balaban J connectivity index is 1.36. The van der Waals surface area contributed by atoms with Gasteiger partial charge in [-0.25, -0.2) is 0 Å². The maximum Gasteiger partial charge on any atom is 0.176 e. The molecule has 2 aliphatic rings. The lowest BCUT2D eigenvalue weighted by atomic mass is 10.1. The fourth-order valence-electron chi connectivity index (χ4n) is 3.59. The van der Waals surface area contributed by atoms with Crippen LogP contribution in [0.2, 0.25) is 0 Å². The van der Waals surface area contributed by atoms with Crippen LogP contribution in [0.4, 0.5) is 0 Å². The summed E-state index contributed by atoms with van der Waals surface area (Å²) in [6.45, 7) is 4.48. The normalized spacial score (nSPS) is 18.0. The largest absolute Gasteiger partial charge is 0.486 e. The van der Waals surface area contributed by atoms with E-state index in [-0.39, 0.29) is 5.78 Å². The summed E-state index contributed by atoms with van der Waals surface area (Å²) in [4.78, 5) is 16.4. The van der Waals surface area contributed by atoms with Crippen molar-refractivity contribution in [3.8, 4) is 11.5 Å². The van der Waals surface area contributed by atoms with Gasteiger partial charge < -0.3 is 14.8 Å². The summed E-state index contributed by atoms with van der Waals surface area (Å²) in [5, 5.41) is 5.50. The number of rotatable bonds is 7. The minimum Gasteiger partial charge on any atom is -0.486 e. The number of ether oxygens (including phenoxy) is 2. The molecule has 1 saturated heterocycles. The van der Waals surface area contributed by atoms with Crippen LogP contribution in [0, 0.1) is 0 Å². The van der Waals surface area contributed by atoms with Crippen molar-refractivity contribution in [3.63, 3.8) is 0 Å². The molecule has 2 aliphatic heterocycles. The number of nitrogens with one attached hydrogen (secondary N) is 1. The van der Waals surface area contributed by atoms with E-state index in [1.165, 1.54) is 17.7 Å².